The van der Waals surface area contributed by atoms with Gasteiger partial charge in [-0.05, 0) is 30.5 Å². The van der Waals surface area contributed by atoms with Crippen molar-refractivity contribution in [2.45, 2.75) is 19.3 Å². The number of benzene rings is 1. The molecule has 1 aromatic heterocycles. The second kappa shape index (κ2) is 5.27. The van der Waals surface area contributed by atoms with Crippen molar-refractivity contribution in [3.05, 3.63) is 64.3 Å². The number of nitrogens with zero attached hydrogens (tertiary/aromatic N) is 3. The molecule has 0 saturated heterocycles. The molecule has 5 heteroatoms. The fourth-order valence-corrected chi connectivity index (χ4v) is 3.65. The van der Waals surface area contributed by atoms with Crippen LogP contribution in [0.3, 0.4) is 0 Å². The van der Waals surface area contributed by atoms with Gasteiger partial charge < -0.3 is 15.4 Å². The zero-order valence-electron chi connectivity index (χ0n) is 13.7. The van der Waals surface area contributed by atoms with Crippen LogP contribution in [0.5, 0.6) is 5.75 Å². The van der Waals surface area contributed by atoms with Crippen molar-refractivity contribution in [2.75, 3.05) is 18.5 Å². The van der Waals surface area contributed by atoms with Gasteiger partial charge in [-0.15, -0.1) is 0 Å². The van der Waals surface area contributed by atoms with Gasteiger partial charge in [-0.1, -0.05) is 12.1 Å². The number of likely N-dealkylation sites (N-methyl/N-ethyl adjacent to an activating group) is 1. The Kier molecular flexibility index (Phi) is 3.20. The first kappa shape index (κ1) is 14.6. The summed E-state index contributed by atoms with van der Waals surface area (Å²) in [6.45, 7) is 2.95. The van der Waals surface area contributed by atoms with Gasteiger partial charge in [-0.2, -0.15) is 5.26 Å². The van der Waals surface area contributed by atoms with Gasteiger partial charge >= 0.3 is 0 Å². The first-order chi connectivity index (χ1) is 11.6. The van der Waals surface area contributed by atoms with E-state index in [0.717, 1.165) is 35.4 Å². The minimum absolute atomic E-state index is 0.194. The van der Waals surface area contributed by atoms with E-state index in [2.05, 4.69) is 35.1 Å². The predicted molar refractivity (Wildman–Crippen MR) is 91.7 cm³/mol. The summed E-state index contributed by atoms with van der Waals surface area (Å²) in [5.41, 5.74) is 11.9. The topological polar surface area (TPSA) is 75.2 Å². The highest BCUT2D eigenvalue weighted by Gasteiger charge is 2.34. The van der Waals surface area contributed by atoms with Gasteiger partial charge in [0.15, 0.2) is 0 Å². The number of aryl methyl sites for hydroxylation is 1. The summed E-state index contributed by atoms with van der Waals surface area (Å²) in [5, 5.41) is 9.63. The molecule has 2 aliphatic rings. The monoisotopic (exact) mass is 318 g/mol. The SMILES string of the molecule is Cc1cncc(C2C(C#N)=C(N)Oc3c2ccc2c3CCN2C)c1. The number of nitriles is 1. The Morgan fingerprint density at radius 1 is 1.38 bits per heavy atom. The van der Waals surface area contributed by atoms with Gasteiger partial charge in [0.2, 0.25) is 5.88 Å². The molecule has 24 heavy (non-hydrogen) atoms. The van der Waals surface area contributed by atoms with Gasteiger partial charge in [0, 0.05) is 42.8 Å². The molecule has 2 N–H and O–H groups in total. The Hall–Kier alpha value is -3.00. The first-order valence-electron chi connectivity index (χ1n) is 7.96. The van der Waals surface area contributed by atoms with Crippen molar-refractivity contribution in [3.8, 4) is 11.8 Å². The Bertz CT molecular complexity index is 910. The third-order valence-corrected chi connectivity index (χ3v) is 4.80. The van der Waals surface area contributed by atoms with Crippen LogP contribution in [0.4, 0.5) is 5.69 Å². The van der Waals surface area contributed by atoms with Crippen LogP contribution >= 0.6 is 0 Å². The molecule has 2 aliphatic heterocycles. The smallest absolute Gasteiger partial charge is 0.205 e. The lowest BCUT2D eigenvalue weighted by molar-refractivity contribution is 0.390. The quantitative estimate of drug-likeness (QED) is 0.875. The molecule has 0 amide bonds. The molecule has 0 fully saturated rings. The third-order valence-electron chi connectivity index (χ3n) is 4.80. The summed E-state index contributed by atoms with van der Waals surface area (Å²) >= 11 is 0. The summed E-state index contributed by atoms with van der Waals surface area (Å²) < 4.78 is 5.90. The van der Waals surface area contributed by atoms with E-state index in [9.17, 15) is 5.26 Å². The molecular formula is C19H18N4O. The number of ether oxygens (including phenoxy) is 1. The Morgan fingerprint density at radius 3 is 2.96 bits per heavy atom. The molecule has 120 valence electrons. The van der Waals surface area contributed by atoms with Crippen LogP contribution in [-0.4, -0.2) is 18.6 Å². The zero-order chi connectivity index (χ0) is 16.8. The van der Waals surface area contributed by atoms with E-state index in [0.29, 0.717) is 5.57 Å². The highest BCUT2D eigenvalue weighted by Crippen LogP contribution is 2.47. The number of rotatable bonds is 1. The van der Waals surface area contributed by atoms with E-state index in [1.165, 1.54) is 11.3 Å². The van der Waals surface area contributed by atoms with E-state index < -0.39 is 0 Å². The molecule has 0 bridgehead atoms. The molecular weight excluding hydrogens is 300 g/mol. The minimum atomic E-state index is -0.234. The molecule has 1 atom stereocenters. The number of anilines is 1. The Balaban J connectivity index is 1.95. The number of aromatic nitrogens is 1. The Labute approximate surface area is 141 Å². The van der Waals surface area contributed by atoms with E-state index in [1.807, 2.05) is 13.0 Å². The lowest BCUT2D eigenvalue weighted by atomic mass is 9.82. The zero-order valence-corrected chi connectivity index (χ0v) is 13.7. The normalized spacial score (nSPS) is 18.7. The van der Waals surface area contributed by atoms with E-state index in [1.54, 1.807) is 12.4 Å². The second-order valence-electron chi connectivity index (χ2n) is 6.37. The van der Waals surface area contributed by atoms with Crippen LogP contribution in [0.25, 0.3) is 0 Å². The number of fused-ring (bicyclic) bond motifs is 3. The van der Waals surface area contributed by atoms with Gasteiger partial charge in [-0.3, -0.25) is 4.98 Å². The van der Waals surface area contributed by atoms with Crippen LogP contribution in [0.1, 0.15) is 28.2 Å². The molecule has 0 aliphatic carbocycles. The molecule has 0 saturated carbocycles. The lowest BCUT2D eigenvalue weighted by Gasteiger charge is -2.28. The number of nitrogens with two attached hydrogens (primary N) is 1. The Morgan fingerprint density at radius 2 is 2.21 bits per heavy atom. The fraction of sp³-hybridized carbons (Fsp3) is 0.263. The molecule has 3 heterocycles. The highest BCUT2D eigenvalue weighted by atomic mass is 16.5. The standard InChI is InChI=1S/C19H18N4O/c1-11-7-12(10-22-9-11)17-14-3-4-16-13(5-6-23(16)2)18(14)24-19(21)15(17)8-20/h3-4,7,9-10,17H,5-6,21H2,1-2H3. The van der Waals surface area contributed by atoms with Crippen molar-refractivity contribution in [2.24, 2.45) is 5.73 Å². The van der Waals surface area contributed by atoms with Crippen LogP contribution in [0.2, 0.25) is 0 Å². The average Bonchev–Trinajstić information content (AvgIpc) is 2.95. The number of pyridine rings is 1. The minimum Gasteiger partial charge on any atom is -0.440 e. The van der Waals surface area contributed by atoms with Crippen molar-refractivity contribution in [3.63, 3.8) is 0 Å². The average molecular weight is 318 g/mol. The van der Waals surface area contributed by atoms with E-state index >= 15 is 0 Å². The molecule has 1 unspecified atom stereocenters. The second-order valence-corrected chi connectivity index (χ2v) is 6.37. The van der Waals surface area contributed by atoms with Crippen molar-refractivity contribution < 1.29 is 4.74 Å². The molecule has 0 spiro atoms. The van der Waals surface area contributed by atoms with Gasteiger partial charge in [0.1, 0.15) is 17.4 Å². The largest absolute Gasteiger partial charge is 0.440 e. The van der Waals surface area contributed by atoms with Crippen molar-refractivity contribution in [1.29, 1.82) is 5.26 Å². The highest BCUT2D eigenvalue weighted by molar-refractivity contribution is 5.69. The van der Waals surface area contributed by atoms with Crippen LogP contribution in [0, 0.1) is 18.3 Å². The lowest BCUT2D eigenvalue weighted by Crippen LogP contribution is -2.22. The molecule has 2 aromatic rings. The van der Waals surface area contributed by atoms with E-state index in [4.69, 9.17) is 10.5 Å². The molecule has 1 aromatic carbocycles. The summed E-state index contributed by atoms with van der Waals surface area (Å²) in [5.74, 6) is 0.765. The maximum absolute atomic E-state index is 9.63. The number of hydrogen-bond acceptors (Lipinski definition) is 5. The summed E-state index contributed by atoms with van der Waals surface area (Å²) in [6.07, 6.45) is 4.53. The molecule has 4 rings (SSSR count). The maximum Gasteiger partial charge on any atom is 0.205 e. The first-order valence-corrected chi connectivity index (χ1v) is 7.96. The van der Waals surface area contributed by atoms with Crippen LogP contribution in [0.15, 0.2) is 42.0 Å². The van der Waals surface area contributed by atoms with Crippen LogP contribution < -0.4 is 15.4 Å². The van der Waals surface area contributed by atoms with Crippen molar-refractivity contribution >= 4 is 5.69 Å². The molecule has 5 nitrogen and oxygen atoms in total. The van der Waals surface area contributed by atoms with Gasteiger partial charge in [-0.25, -0.2) is 0 Å². The van der Waals surface area contributed by atoms with Crippen molar-refractivity contribution in [1.82, 2.24) is 4.98 Å². The molecule has 0 radical (unpaired) electrons. The fourth-order valence-electron chi connectivity index (χ4n) is 3.65. The van der Waals surface area contributed by atoms with Gasteiger partial charge in [0.05, 0.1) is 5.92 Å². The summed E-state index contributed by atoms with van der Waals surface area (Å²) in [6, 6.07) is 8.44. The van der Waals surface area contributed by atoms with Gasteiger partial charge in [0.25, 0.3) is 0 Å². The number of allylic oxidation sites excluding steroid dienone is 1. The van der Waals surface area contributed by atoms with Crippen LogP contribution in [-0.2, 0) is 6.42 Å². The summed E-state index contributed by atoms with van der Waals surface area (Å²) in [7, 11) is 2.07. The third kappa shape index (κ3) is 2.04. The van der Waals surface area contributed by atoms with E-state index in [-0.39, 0.29) is 11.8 Å². The predicted octanol–water partition coefficient (Wildman–Crippen LogP) is 2.60. The summed E-state index contributed by atoms with van der Waals surface area (Å²) in [4.78, 5) is 6.50. The maximum atomic E-state index is 9.63. The number of hydrogen-bond donors (Lipinski definition) is 1.